The third-order valence-electron chi connectivity index (χ3n) is 4.34. The number of hydrogen-bond acceptors (Lipinski definition) is 5. The topological polar surface area (TPSA) is 90.0 Å². The number of nitrogens with one attached hydrogen (secondary N) is 1. The Hall–Kier alpha value is -2.97. The smallest absolute Gasteiger partial charge is 0.218 e. The first kappa shape index (κ1) is 17.4. The molecule has 4 aromatic rings. The first-order chi connectivity index (χ1) is 13.0. The summed E-state index contributed by atoms with van der Waals surface area (Å²) in [4.78, 5) is 4.67. The molecule has 0 saturated heterocycles. The Labute approximate surface area is 156 Å². The summed E-state index contributed by atoms with van der Waals surface area (Å²) >= 11 is 0. The van der Waals surface area contributed by atoms with Crippen molar-refractivity contribution in [1.29, 1.82) is 0 Å². The van der Waals surface area contributed by atoms with E-state index in [4.69, 9.17) is 4.52 Å². The molecule has 2 aromatic heterocycles. The predicted octanol–water partition coefficient (Wildman–Crippen LogP) is 2.77. The second kappa shape index (κ2) is 6.98. The molecule has 0 saturated carbocycles. The van der Waals surface area contributed by atoms with Crippen LogP contribution in [-0.2, 0) is 22.8 Å². The highest BCUT2D eigenvalue weighted by atomic mass is 32.2. The van der Waals surface area contributed by atoms with Gasteiger partial charge in [0, 0.05) is 13.1 Å². The zero-order chi connectivity index (χ0) is 18.9. The maximum Gasteiger partial charge on any atom is 0.218 e. The highest BCUT2D eigenvalue weighted by molar-refractivity contribution is 7.88. The largest absolute Gasteiger partial charge is 0.364 e. The summed E-state index contributed by atoms with van der Waals surface area (Å²) in [5.74, 6) is 0.350. The molecule has 27 heavy (non-hydrogen) atoms. The molecule has 0 aliphatic heterocycles. The van der Waals surface area contributed by atoms with Crippen LogP contribution in [0.2, 0.25) is 0 Å². The summed E-state index contributed by atoms with van der Waals surface area (Å²) in [6, 6.07) is 18.0. The fourth-order valence-electron chi connectivity index (χ4n) is 3.07. The van der Waals surface area contributed by atoms with Crippen molar-refractivity contribution in [2.45, 2.75) is 11.8 Å². The van der Waals surface area contributed by atoms with Crippen molar-refractivity contribution in [3.05, 3.63) is 84.0 Å². The lowest BCUT2D eigenvalue weighted by Crippen LogP contribution is -2.32. The molecule has 0 spiro atoms. The summed E-state index contributed by atoms with van der Waals surface area (Å²) in [5.41, 5.74) is 2.90. The third kappa shape index (κ3) is 3.62. The molecular weight excluding hydrogens is 364 g/mol. The number of sulfonamides is 1. The fourth-order valence-corrected chi connectivity index (χ4v) is 4.29. The van der Waals surface area contributed by atoms with Gasteiger partial charge in [0.1, 0.15) is 23.9 Å². The Bertz CT molecular complexity index is 1150. The molecular formula is C19H18N4O3S. The van der Waals surface area contributed by atoms with Gasteiger partial charge >= 0.3 is 0 Å². The average molecular weight is 382 g/mol. The van der Waals surface area contributed by atoms with E-state index in [0.29, 0.717) is 11.5 Å². The van der Waals surface area contributed by atoms with E-state index in [9.17, 15) is 8.42 Å². The lowest BCUT2D eigenvalue weighted by atomic mass is 10.1. The van der Waals surface area contributed by atoms with Crippen molar-refractivity contribution < 1.29 is 12.9 Å². The average Bonchev–Trinajstić information content (AvgIpc) is 3.28. The third-order valence-corrected chi connectivity index (χ3v) is 5.61. The standard InChI is InChI=1S/C19H18N4O3S/c1-23-17-10-6-5-9-16(17)20-19(23)18(14-7-3-2-4-8-14)22-27(24,25)13-15-11-12-26-21-15/h2-12,18,22H,13H2,1H3/t18-/m1/s1. The molecule has 0 unspecified atom stereocenters. The number of nitrogens with zero attached hydrogens (tertiary/aromatic N) is 3. The highest BCUT2D eigenvalue weighted by Crippen LogP contribution is 2.26. The van der Waals surface area contributed by atoms with Gasteiger partial charge < -0.3 is 9.09 Å². The van der Waals surface area contributed by atoms with Crippen LogP contribution in [0.3, 0.4) is 0 Å². The quantitative estimate of drug-likeness (QED) is 0.554. The molecule has 1 atom stereocenters. The predicted molar refractivity (Wildman–Crippen MR) is 101 cm³/mol. The van der Waals surface area contributed by atoms with E-state index < -0.39 is 16.1 Å². The van der Waals surface area contributed by atoms with E-state index >= 15 is 0 Å². The first-order valence-corrected chi connectivity index (χ1v) is 10.0. The molecule has 138 valence electrons. The Morgan fingerprint density at radius 1 is 1.07 bits per heavy atom. The lowest BCUT2D eigenvalue weighted by molar-refractivity contribution is 0.413. The van der Waals surface area contributed by atoms with Crippen LogP contribution in [0.25, 0.3) is 11.0 Å². The maximum absolute atomic E-state index is 12.8. The van der Waals surface area contributed by atoms with Crippen molar-refractivity contribution in [2.75, 3.05) is 0 Å². The molecule has 0 radical (unpaired) electrons. The number of rotatable bonds is 6. The second-order valence-corrected chi connectivity index (χ2v) is 7.98. The van der Waals surface area contributed by atoms with Gasteiger partial charge in [0.15, 0.2) is 0 Å². The normalized spacial score (nSPS) is 13.1. The zero-order valence-electron chi connectivity index (χ0n) is 14.6. The molecule has 2 heterocycles. The fraction of sp³-hybridized carbons (Fsp3) is 0.158. The van der Waals surface area contributed by atoms with Crippen molar-refractivity contribution in [3.8, 4) is 0 Å². The minimum absolute atomic E-state index is 0.267. The number of imidazole rings is 1. The van der Waals surface area contributed by atoms with Crippen LogP contribution >= 0.6 is 0 Å². The van der Waals surface area contributed by atoms with Gasteiger partial charge in [-0.05, 0) is 17.7 Å². The molecule has 7 nitrogen and oxygen atoms in total. The number of aryl methyl sites for hydroxylation is 1. The molecule has 0 fully saturated rings. The summed E-state index contributed by atoms with van der Waals surface area (Å²) in [6.45, 7) is 0. The van der Waals surface area contributed by atoms with Crippen LogP contribution in [0.4, 0.5) is 0 Å². The van der Waals surface area contributed by atoms with Gasteiger partial charge in [-0.15, -0.1) is 0 Å². The molecule has 2 aromatic carbocycles. The number of benzene rings is 2. The molecule has 0 amide bonds. The number of fused-ring (bicyclic) bond motifs is 1. The van der Waals surface area contributed by atoms with Crippen LogP contribution in [0.5, 0.6) is 0 Å². The van der Waals surface area contributed by atoms with E-state index in [-0.39, 0.29) is 5.75 Å². The molecule has 0 aliphatic rings. The van der Waals surface area contributed by atoms with Gasteiger partial charge in [0.05, 0.1) is 16.7 Å². The minimum Gasteiger partial charge on any atom is -0.364 e. The van der Waals surface area contributed by atoms with E-state index in [2.05, 4.69) is 14.9 Å². The van der Waals surface area contributed by atoms with Crippen LogP contribution in [0.15, 0.2) is 71.4 Å². The maximum atomic E-state index is 12.8. The monoisotopic (exact) mass is 382 g/mol. The van der Waals surface area contributed by atoms with Gasteiger partial charge in [-0.25, -0.2) is 13.4 Å². The zero-order valence-corrected chi connectivity index (χ0v) is 15.4. The molecule has 4 rings (SSSR count). The SMILES string of the molecule is Cn1c([C@H](NS(=O)(=O)Cc2ccon2)c2ccccc2)nc2ccccc21. The lowest BCUT2D eigenvalue weighted by Gasteiger charge is -2.19. The first-order valence-electron chi connectivity index (χ1n) is 8.39. The Balaban J connectivity index is 1.76. The summed E-state index contributed by atoms with van der Waals surface area (Å²) in [7, 11) is -1.80. The number of hydrogen-bond donors (Lipinski definition) is 1. The van der Waals surface area contributed by atoms with E-state index in [1.54, 1.807) is 0 Å². The van der Waals surface area contributed by atoms with Crippen LogP contribution in [0, 0.1) is 0 Å². The van der Waals surface area contributed by atoms with Gasteiger partial charge in [0.25, 0.3) is 0 Å². The Morgan fingerprint density at radius 2 is 1.81 bits per heavy atom. The summed E-state index contributed by atoms with van der Waals surface area (Å²) in [5, 5.41) is 3.69. The van der Waals surface area contributed by atoms with E-state index in [1.807, 2.05) is 66.2 Å². The molecule has 1 N–H and O–H groups in total. The van der Waals surface area contributed by atoms with Crippen molar-refractivity contribution in [3.63, 3.8) is 0 Å². The van der Waals surface area contributed by atoms with Crippen molar-refractivity contribution in [1.82, 2.24) is 19.4 Å². The van der Waals surface area contributed by atoms with Gasteiger partial charge in [-0.3, -0.25) is 0 Å². The summed E-state index contributed by atoms with van der Waals surface area (Å²) < 4.78 is 34.9. The van der Waals surface area contributed by atoms with Gasteiger partial charge in [-0.2, -0.15) is 4.72 Å². The van der Waals surface area contributed by atoms with Gasteiger partial charge in [0.2, 0.25) is 10.0 Å². The van der Waals surface area contributed by atoms with E-state index in [1.165, 1.54) is 12.3 Å². The molecule has 0 bridgehead atoms. The summed E-state index contributed by atoms with van der Waals surface area (Å²) in [6.07, 6.45) is 1.35. The Morgan fingerprint density at radius 3 is 2.52 bits per heavy atom. The molecule has 8 heteroatoms. The van der Waals surface area contributed by atoms with Crippen molar-refractivity contribution >= 4 is 21.1 Å². The van der Waals surface area contributed by atoms with Crippen LogP contribution in [-0.4, -0.2) is 23.1 Å². The second-order valence-electron chi connectivity index (χ2n) is 6.23. The van der Waals surface area contributed by atoms with E-state index in [0.717, 1.165) is 16.6 Å². The number of para-hydroxylation sites is 2. The van der Waals surface area contributed by atoms with Crippen molar-refractivity contribution in [2.24, 2.45) is 7.05 Å². The Kier molecular flexibility index (Phi) is 4.51. The van der Waals surface area contributed by atoms with Gasteiger partial charge in [-0.1, -0.05) is 47.6 Å². The molecule has 0 aliphatic carbocycles. The van der Waals surface area contributed by atoms with Crippen LogP contribution < -0.4 is 4.72 Å². The number of aromatic nitrogens is 3. The highest BCUT2D eigenvalue weighted by Gasteiger charge is 2.26. The minimum atomic E-state index is -3.68. The van der Waals surface area contributed by atoms with Crippen LogP contribution in [0.1, 0.15) is 23.1 Å².